The summed E-state index contributed by atoms with van der Waals surface area (Å²) in [6.07, 6.45) is 4.55. The normalized spacial score (nSPS) is 11.3. The molecule has 0 aliphatic heterocycles. The molecule has 0 saturated carbocycles. The Balaban J connectivity index is 1.93. The number of hydrogen-bond donors (Lipinski definition) is 3. The minimum Gasteiger partial charge on any atom is -0.505 e. The third kappa shape index (κ3) is 4.09. The highest BCUT2D eigenvalue weighted by molar-refractivity contribution is 7.92. The number of aromatic hydroxyl groups is 1. The van der Waals surface area contributed by atoms with Gasteiger partial charge in [0.2, 0.25) is 16.6 Å². The second-order valence-corrected chi connectivity index (χ2v) is 7.58. The fourth-order valence-electron chi connectivity index (χ4n) is 2.64. The number of rotatable bonds is 5. The summed E-state index contributed by atoms with van der Waals surface area (Å²) >= 11 is 0. The van der Waals surface area contributed by atoms with Crippen LogP contribution in [0.3, 0.4) is 0 Å². The largest absolute Gasteiger partial charge is 0.505 e. The number of phenols is 1. The third-order valence-corrected chi connectivity index (χ3v) is 4.28. The number of phenolic OH excluding ortho intramolecular Hbond substituents is 1. The van der Waals surface area contributed by atoms with Crippen LogP contribution in [0.2, 0.25) is 0 Å². The van der Waals surface area contributed by atoms with Gasteiger partial charge in [-0.05, 0) is 17.5 Å². The first-order chi connectivity index (χ1) is 12.3. The average molecular weight is 372 g/mol. The predicted octanol–water partition coefficient (Wildman–Crippen LogP) is 1.84. The van der Waals surface area contributed by atoms with Crippen LogP contribution in [0.4, 0.5) is 11.4 Å². The summed E-state index contributed by atoms with van der Waals surface area (Å²) in [5.41, 5.74) is 0.456. The Morgan fingerprint density at radius 1 is 1.04 bits per heavy atom. The number of fused-ring (bicyclic) bond motifs is 1. The van der Waals surface area contributed by atoms with E-state index in [0.29, 0.717) is 10.8 Å². The maximum absolute atomic E-state index is 12.2. The number of carbonyl (C=O) groups excluding carboxylic acids is 1. The molecule has 0 radical (unpaired) electrons. The Kier molecular flexibility index (Phi) is 4.77. The number of pyridine rings is 1. The number of carbonyl (C=O) groups is 1. The van der Waals surface area contributed by atoms with Crippen molar-refractivity contribution >= 4 is 38.1 Å². The molecule has 0 unspecified atom stereocenters. The van der Waals surface area contributed by atoms with Gasteiger partial charge in [-0.25, -0.2) is 8.42 Å². The van der Waals surface area contributed by atoms with E-state index >= 15 is 0 Å². The Morgan fingerprint density at radius 2 is 1.77 bits per heavy atom. The highest BCUT2D eigenvalue weighted by Gasteiger charge is 2.16. The molecular formula is C18H18N3O4S+. The number of anilines is 2. The van der Waals surface area contributed by atoms with Gasteiger partial charge in [-0.2, -0.15) is 4.57 Å². The Morgan fingerprint density at radius 3 is 2.46 bits per heavy atom. The highest BCUT2D eigenvalue weighted by atomic mass is 32.2. The zero-order valence-electron chi connectivity index (χ0n) is 14.0. The fourth-order valence-corrected chi connectivity index (χ4v) is 3.21. The van der Waals surface area contributed by atoms with Crippen molar-refractivity contribution in [1.82, 2.24) is 0 Å². The molecule has 0 spiro atoms. The van der Waals surface area contributed by atoms with Crippen LogP contribution in [0.25, 0.3) is 10.8 Å². The first-order valence-corrected chi connectivity index (χ1v) is 9.69. The van der Waals surface area contributed by atoms with Crippen molar-refractivity contribution in [2.45, 2.75) is 6.54 Å². The lowest BCUT2D eigenvalue weighted by Gasteiger charge is -2.13. The molecule has 3 N–H and O–H groups in total. The van der Waals surface area contributed by atoms with Gasteiger partial charge in [-0.3, -0.25) is 9.52 Å². The van der Waals surface area contributed by atoms with Gasteiger partial charge in [0.1, 0.15) is 5.75 Å². The molecule has 1 aromatic heterocycles. The number of aromatic nitrogens is 1. The number of sulfonamides is 1. The van der Waals surface area contributed by atoms with Crippen molar-refractivity contribution in [3.8, 4) is 5.75 Å². The first kappa shape index (κ1) is 17.7. The zero-order chi connectivity index (χ0) is 18.7. The van der Waals surface area contributed by atoms with Gasteiger partial charge in [0.15, 0.2) is 12.4 Å². The molecular weight excluding hydrogens is 354 g/mol. The van der Waals surface area contributed by atoms with Crippen molar-refractivity contribution in [1.29, 1.82) is 0 Å². The molecule has 0 atom stereocenters. The van der Waals surface area contributed by atoms with Crippen molar-refractivity contribution < 1.29 is 22.9 Å². The van der Waals surface area contributed by atoms with E-state index in [4.69, 9.17) is 0 Å². The molecule has 1 amide bonds. The molecule has 0 saturated heterocycles. The summed E-state index contributed by atoms with van der Waals surface area (Å²) < 4.78 is 27.2. The van der Waals surface area contributed by atoms with Crippen LogP contribution < -0.4 is 14.6 Å². The number of hydrogen-bond acceptors (Lipinski definition) is 4. The number of amides is 1. The van der Waals surface area contributed by atoms with Crippen molar-refractivity contribution in [3.05, 3.63) is 60.9 Å². The van der Waals surface area contributed by atoms with Crippen LogP contribution in [0, 0.1) is 0 Å². The Bertz CT molecular complexity index is 1070. The Hall–Kier alpha value is -3.13. The minimum absolute atomic E-state index is 0.0849. The van der Waals surface area contributed by atoms with Crippen LogP contribution in [0.15, 0.2) is 60.9 Å². The zero-order valence-corrected chi connectivity index (χ0v) is 14.8. The van der Waals surface area contributed by atoms with Crippen LogP contribution in [0.5, 0.6) is 5.75 Å². The molecule has 8 heteroatoms. The molecule has 0 fully saturated rings. The van der Waals surface area contributed by atoms with Crippen LogP contribution in [0.1, 0.15) is 0 Å². The van der Waals surface area contributed by atoms with E-state index in [9.17, 15) is 18.3 Å². The van der Waals surface area contributed by atoms with Crippen molar-refractivity contribution in [2.75, 3.05) is 16.3 Å². The maximum Gasteiger partial charge on any atom is 0.290 e. The second kappa shape index (κ2) is 7.01. The van der Waals surface area contributed by atoms with Gasteiger partial charge in [0.05, 0.1) is 17.6 Å². The van der Waals surface area contributed by atoms with Gasteiger partial charge in [0.25, 0.3) is 5.91 Å². The molecule has 0 aliphatic carbocycles. The molecule has 3 rings (SSSR count). The lowest BCUT2D eigenvalue weighted by Crippen LogP contribution is -2.39. The summed E-state index contributed by atoms with van der Waals surface area (Å²) in [4.78, 5) is 12.2. The molecule has 3 aromatic rings. The van der Waals surface area contributed by atoms with Crippen LogP contribution in [-0.2, 0) is 21.4 Å². The molecule has 1 heterocycles. The van der Waals surface area contributed by atoms with E-state index in [1.54, 1.807) is 47.3 Å². The molecule has 26 heavy (non-hydrogen) atoms. The highest BCUT2D eigenvalue weighted by Crippen LogP contribution is 2.37. The van der Waals surface area contributed by atoms with Crippen LogP contribution >= 0.6 is 0 Å². The van der Waals surface area contributed by atoms with Gasteiger partial charge >= 0.3 is 0 Å². The molecule has 134 valence electrons. The number of nitrogens with one attached hydrogen (secondary N) is 2. The van der Waals surface area contributed by atoms with Gasteiger partial charge in [0, 0.05) is 17.5 Å². The fraction of sp³-hybridized carbons (Fsp3) is 0.111. The van der Waals surface area contributed by atoms with E-state index in [0.717, 1.165) is 6.26 Å². The standard InChI is InChI=1S/C18H17N3O4S/c1-26(24,25)20-14-7-5-6-13-8-9-15(18(23)17(13)14)19-16(22)12-21-10-3-2-4-11-21/h2-11,20H,12H2,1H3,(H-,19,22,23)/p+1. The smallest absolute Gasteiger partial charge is 0.290 e. The minimum atomic E-state index is -3.51. The van der Waals surface area contributed by atoms with Crippen molar-refractivity contribution in [2.24, 2.45) is 0 Å². The van der Waals surface area contributed by atoms with Gasteiger partial charge in [-0.15, -0.1) is 0 Å². The van der Waals surface area contributed by atoms with E-state index in [1.165, 1.54) is 0 Å². The quantitative estimate of drug-likeness (QED) is 0.470. The molecule has 0 bridgehead atoms. The number of nitrogens with zero attached hydrogens (tertiary/aromatic N) is 1. The first-order valence-electron chi connectivity index (χ1n) is 7.80. The topological polar surface area (TPSA) is 99.4 Å². The molecule has 2 aromatic carbocycles. The average Bonchev–Trinajstić information content (AvgIpc) is 2.57. The lowest BCUT2D eigenvalue weighted by atomic mass is 10.1. The van der Waals surface area contributed by atoms with E-state index in [2.05, 4.69) is 10.0 Å². The maximum atomic E-state index is 12.2. The summed E-state index contributed by atoms with van der Waals surface area (Å²) in [5.74, 6) is -0.509. The number of benzene rings is 2. The Labute approximate surface area is 151 Å². The SMILES string of the molecule is CS(=O)(=O)Nc1cccc2ccc(NC(=O)C[n+]3ccccc3)c(O)c12. The second-order valence-electron chi connectivity index (χ2n) is 5.84. The lowest BCUT2D eigenvalue weighted by molar-refractivity contribution is -0.684. The third-order valence-electron chi connectivity index (χ3n) is 3.69. The van der Waals surface area contributed by atoms with Gasteiger partial charge < -0.3 is 10.4 Å². The summed E-state index contributed by atoms with van der Waals surface area (Å²) in [7, 11) is -3.51. The van der Waals surface area contributed by atoms with E-state index < -0.39 is 10.0 Å². The summed E-state index contributed by atoms with van der Waals surface area (Å²) in [6.45, 7) is 0.0849. The molecule has 7 nitrogen and oxygen atoms in total. The monoisotopic (exact) mass is 372 g/mol. The summed E-state index contributed by atoms with van der Waals surface area (Å²) in [5, 5.41) is 14.2. The van der Waals surface area contributed by atoms with E-state index in [1.807, 2.05) is 18.2 Å². The predicted molar refractivity (Wildman–Crippen MR) is 99.3 cm³/mol. The van der Waals surface area contributed by atoms with E-state index in [-0.39, 0.29) is 29.6 Å². The molecule has 0 aliphatic rings. The van der Waals surface area contributed by atoms with Gasteiger partial charge in [-0.1, -0.05) is 24.3 Å². The summed E-state index contributed by atoms with van der Waals surface area (Å²) in [6, 6.07) is 13.7. The van der Waals surface area contributed by atoms with Crippen molar-refractivity contribution in [3.63, 3.8) is 0 Å². The van der Waals surface area contributed by atoms with Crippen LogP contribution in [-0.4, -0.2) is 25.7 Å².